The van der Waals surface area contributed by atoms with Crippen LogP contribution in [0.1, 0.15) is 29.2 Å². The van der Waals surface area contributed by atoms with E-state index in [0.29, 0.717) is 5.95 Å². The molecule has 170 valence electrons. The van der Waals surface area contributed by atoms with Crippen LogP contribution in [-0.2, 0) is 0 Å². The van der Waals surface area contributed by atoms with Crippen molar-refractivity contribution in [2.75, 3.05) is 5.01 Å². The third-order valence-electron chi connectivity index (χ3n) is 6.34. The highest BCUT2D eigenvalue weighted by Crippen LogP contribution is 2.38. The predicted octanol–water partition coefficient (Wildman–Crippen LogP) is 7.72. The van der Waals surface area contributed by atoms with Crippen LogP contribution in [0, 0.1) is 6.92 Å². The van der Waals surface area contributed by atoms with Crippen LogP contribution in [-0.4, -0.2) is 15.7 Å². The molecule has 0 spiro atoms. The fourth-order valence-electron chi connectivity index (χ4n) is 4.65. The summed E-state index contributed by atoms with van der Waals surface area (Å²) in [4.78, 5) is 10.1. The Morgan fingerprint density at radius 1 is 0.771 bits per heavy atom. The van der Waals surface area contributed by atoms with Gasteiger partial charge in [-0.3, -0.25) is 0 Å². The summed E-state index contributed by atoms with van der Waals surface area (Å²) in [5, 5.41) is 8.14. The second-order valence-corrected chi connectivity index (χ2v) is 9.71. The zero-order chi connectivity index (χ0) is 23.8. The van der Waals surface area contributed by atoms with Gasteiger partial charge in [0.05, 0.1) is 23.0 Å². The van der Waals surface area contributed by atoms with Crippen LogP contribution in [0.4, 0.5) is 5.95 Å². The standard InChI is InChI=1S/C30H23BrN4/c1-20-9-7-12-22(17-20)27-19-28(23-13-8-14-24(31)18-23)35(34-27)30-32-26-16-6-5-15-25(26)29(33-30)21-10-3-2-4-11-21/h2-18,28H,19H2,1H3. The first-order valence-electron chi connectivity index (χ1n) is 11.7. The molecule has 0 saturated carbocycles. The molecule has 35 heavy (non-hydrogen) atoms. The zero-order valence-corrected chi connectivity index (χ0v) is 20.9. The van der Waals surface area contributed by atoms with E-state index in [1.54, 1.807) is 0 Å². The summed E-state index contributed by atoms with van der Waals surface area (Å²) in [7, 11) is 0. The molecule has 0 radical (unpaired) electrons. The van der Waals surface area contributed by atoms with Gasteiger partial charge in [-0.1, -0.05) is 106 Å². The van der Waals surface area contributed by atoms with Gasteiger partial charge >= 0.3 is 0 Å². The minimum atomic E-state index is -0.00667. The number of halogens is 1. The van der Waals surface area contributed by atoms with E-state index in [1.807, 2.05) is 47.5 Å². The summed E-state index contributed by atoms with van der Waals surface area (Å²) in [6.45, 7) is 2.11. The number of hydrogen-bond acceptors (Lipinski definition) is 4. The van der Waals surface area contributed by atoms with Gasteiger partial charge in [0.1, 0.15) is 0 Å². The first-order chi connectivity index (χ1) is 17.2. The van der Waals surface area contributed by atoms with Crippen molar-refractivity contribution in [3.05, 3.63) is 124 Å². The molecule has 0 N–H and O–H groups in total. The first-order valence-corrected chi connectivity index (χ1v) is 12.5. The molecule has 4 aromatic carbocycles. The maximum atomic E-state index is 5.11. The van der Waals surface area contributed by atoms with Crippen LogP contribution in [0.25, 0.3) is 22.2 Å². The van der Waals surface area contributed by atoms with Crippen LogP contribution in [0.5, 0.6) is 0 Å². The Morgan fingerprint density at radius 3 is 2.37 bits per heavy atom. The molecule has 2 heterocycles. The summed E-state index contributed by atoms with van der Waals surface area (Å²) in [6, 6.07) is 35.4. The number of hydrogen-bond donors (Lipinski definition) is 0. The third kappa shape index (κ3) is 4.24. The lowest BCUT2D eigenvalue weighted by Gasteiger charge is -2.23. The lowest BCUT2D eigenvalue weighted by atomic mass is 9.98. The molecule has 5 heteroatoms. The van der Waals surface area contributed by atoms with Gasteiger partial charge in [0, 0.05) is 21.8 Å². The molecule has 1 aromatic heterocycles. The van der Waals surface area contributed by atoms with Crippen molar-refractivity contribution in [2.45, 2.75) is 19.4 Å². The molecular formula is C30H23BrN4. The van der Waals surface area contributed by atoms with E-state index >= 15 is 0 Å². The quantitative estimate of drug-likeness (QED) is 0.244. The lowest BCUT2D eigenvalue weighted by molar-refractivity contribution is 0.688. The van der Waals surface area contributed by atoms with Crippen molar-refractivity contribution in [3.8, 4) is 11.3 Å². The van der Waals surface area contributed by atoms with Gasteiger partial charge in [-0.25, -0.2) is 15.0 Å². The van der Waals surface area contributed by atoms with Gasteiger partial charge in [-0.05, 0) is 36.2 Å². The molecule has 4 nitrogen and oxygen atoms in total. The molecule has 5 aromatic rings. The van der Waals surface area contributed by atoms with Crippen molar-refractivity contribution < 1.29 is 0 Å². The van der Waals surface area contributed by atoms with Crippen LogP contribution >= 0.6 is 15.9 Å². The van der Waals surface area contributed by atoms with Crippen molar-refractivity contribution in [2.24, 2.45) is 5.10 Å². The summed E-state index contributed by atoms with van der Waals surface area (Å²) in [5.74, 6) is 0.607. The Bertz CT molecular complexity index is 1560. The van der Waals surface area contributed by atoms with E-state index in [2.05, 4.69) is 83.5 Å². The highest BCUT2D eigenvalue weighted by molar-refractivity contribution is 9.10. The first kappa shape index (κ1) is 21.7. The third-order valence-corrected chi connectivity index (χ3v) is 6.83. The Labute approximate surface area is 213 Å². The molecule has 1 aliphatic heterocycles. The van der Waals surface area contributed by atoms with Gasteiger partial charge in [-0.15, -0.1) is 0 Å². The number of benzene rings is 4. The average Bonchev–Trinajstić information content (AvgIpc) is 3.34. The van der Waals surface area contributed by atoms with E-state index < -0.39 is 0 Å². The number of hydrazone groups is 1. The van der Waals surface area contributed by atoms with E-state index in [4.69, 9.17) is 15.1 Å². The van der Waals surface area contributed by atoms with E-state index in [0.717, 1.165) is 44.3 Å². The van der Waals surface area contributed by atoms with Crippen LogP contribution in [0.3, 0.4) is 0 Å². The average molecular weight is 519 g/mol. The molecule has 6 rings (SSSR count). The number of aryl methyl sites for hydroxylation is 1. The fraction of sp³-hybridized carbons (Fsp3) is 0.100. The minimum absolute atomic E-state index is 0.00667. The summed E-state index contributed by atoms with van der Waals surface area (Å²) in [5.41, 5.74) is 7.45. The minimum Gasteiger partial charge on any atom is -0.223 e. The topological polar surface area (TPSA) is 41.4 Å². The van der Waals surface area contributed by atoms with Crippen molar-refractivity contribution in [3.63, 3.8) is 0 Å². The predicted molar refractivity (Wildman–Crippen MR) is 147 cm³/mol. The van der Waals surface area contributed by atoms with Crippen molar-refractivity contribution >= 4 is 38.5 Å². The van der Waals surface area contributed by atoms with Crippen LogP contribution in [0.15, 0.2) is 113 Å². The molecule has 0 aliphatic carbocycles. The molecule has 0 amide bonds. The zero-order valence-electron chi connectivity index (χ0n) is 19.3. The largest absolute Gasteiger partial charge is 0.247 e. The van der Waals surface area contributed by atoms with Crippen molar-refractivity contribution in [1.29, 1.82) is 0 Å². The molecule has 1 unspecified atom stereocenters. The molecule has 0 saturated heterocycles. The number of para-hydroxylation sites is 1. The summed E-state index contributed by atoms with van der Waals surface area (Å²) in [6.07, 6.45) is 0.775. The lowest BCUT2D eigenvalue weighted by Crippen LogP contribution is -2.21. The van der Waals surface area contributed by atoms with E-state index in [9.17, 15) is 0 Å². The van der Waals surface area contributed by atoms with Gasteiger partial charge in [-0.2, -0.15) is 5.10 Å². The monoisotopic (exact) mass is 518 g/mol. The Balaban J connectivity index is 1.54. The highest BCUT2D eigenvalue weighted by atomic mass is 79.9. The van der Waals surface area contributed by atoms with Crippen molar-refractivity contribution in [1.82, 2.24) is 9.97 Å². The summed E-state index contributed by atoms with van der Waals surface area (Å²) < 4.78 is 1.04. The number of rotatable bonds is 4. The normalized spacial score (nSPS) is 15.4. The van der Waals surface area contributed by atoms with Gasteiger partial charge in [0.25, 0.3) is 0 Å². The highest BCUT2D eigenvalue weighted by Gasteiger charge is 2.32. The second kappa shape index (κ2) is 9.08. The van der Waals surface area contributed by atoms with Gasteiger partial charge < -0.3 is 0 Å². The maximum Gasteiger partial charge on any atom is 0.247 e. The smallest absolute Gasteiger partial charge is 0.223 e. The Kier molecular flexibility index (Phi) is 5.63. The molecular weight excluding hydrogens is 496 g/mol. The SMILES string of the molecule is Cc1cccc(C2=NN(c3nc(-c4ccccc4)c4ccccc4n3)C(c3cccc(Br)c3)C2)c1. The maximum absolute atomic E-state index is 5.11. The molecule has 0 fully saturated rings. The Morgan fingerprint density at radius 2 is 1.54 bits per heavy atom. The number of fused-ring (bicyclic) bond motifs is 1. The Hall–Kier alpha value is -3.83. The van der Waals surface area contributed by atoms with Gasteiger partial charge in [0.15, 0.2) is 0 Å². The molecule has 0 bridgehead atoms. The molecule has 1 aliphatic rings. The second-order valence-electron chi connectivity index (χ2n) is 8.79. The van der Waals surface area contributed by atoms with E-state index in [1.165, 1.54) is 11.1 Å². The number of nitrogens with zero attached hydrogens (tertiary/aromatic N) is 4. The number of aromatic nitrogens is 2. The van der Waals surface area contributed by atoms with Crippen LogP contribution < -0.4 is 5.01 Å². The fourth-order valence-corrected chi connectivity index (χ4v) is 5.07. The van der Waals surface area contributed by atoms with Crippen LogP contribution in [0.2, 0.25) is 0 Å². The summed E-state index contributed by atoms with van der Waals surface area (Å²) >= 11 is 3.64. The van der Waals surface area contributed by atoms with E-state index in [-0.39, 0.29) is 6.04 Å². The van der Waals surface area contributed by atoms with Gasteiger partial charge in [0.2, 0.25) is 5.95 Å². The molecule has 1 atom stereocenters. The number of anilines is 1.